The molecule has 17 heavy (non-hydrogen) atoms. The van der Waals surface area contributed by atoms with Crippen molar-refractivity contribution in [1.82, 2.24) is 5.32 Å². The molecule has 1 unspecified atom stereocenters. The van der Waals surface area contributed by atoms with Crippen molar-refractivity contribution in [2.24, 2.45) is 0 Å². The van der Waals surface area contributed by atoms with E-state index in [4.69, 9.17) is 11.6 Å². The summed E-state index contributed by atoms with van der Waals surface area (Å²) in [7, 11) is 0. The van der Waals surface area contributed by atoms with Gasteiger partial charge in [-0.05, 0) is 35.7 Å². The van der Waals surface area contributed by atoms with Crippen LogP contribution in [0.4, 0.5) is 0 Å². The zero-order valence-electron chi connectivity index (χ0n) is 9.70. The molecule has 86 valence electrons. The molecule has 1 atom stereocenters. The van der Waals surface area contributed by atoms with Gasteiger partial charge in [0.15, 0.2) is 0 Å². The number of halogens is 1. The predicted octanol–water partition coefficient (Wildman–Crippen LogP) is 3.84. The zero-order valence-corrected chi connectivity index (χ0v) is 10.5. The molecule has 0 aliphatic carbocycles. The Balaban J connectivity index is 2.06. The van der Waals surface area contributed by atoms with Crippen molar-refractivity contribution in [2.75, 3.05) is 0 Å². The summed E-state index contributed by atoms with van der Waals surface area (Å²) >= 11 is 6.05. The summed E-state index contributed by atoms with van der Waals surface area (Å²) in [5, 5.41) is 4.33. The number of benzene rings is 2. The van der Waals surface area contributed by atoms with Crippen LogP contribution >= 0.6 is 11.6 Å². The van der Waals surface area contributed by atoms with Gasteiger partial charge in [0, 0.05) is 11.6 Å². The molecule has 1 aliphatic heterocycles. The lowest BCUT2D eigenvalue weighted by Crippen LogP contribution is -2.13. The highest BCUT2D eigenvalue weighted by atomic mass is 35.5. The van der Waals surface area contributed by atoms with E-state index in [0.717, 1.165) is 11.6 Å². The number of hydrogen-bond acceptors (Lipinski definition) is 1. The van der Waals surface area contributed by atoms with E-state index < -0.39 is 0 Å². The molecule has 0 fully saturated rings. The summed E-state index contributed by atoms with van der Waals surface area (Å²) in [5.41, 5.74) is 5.31. The van der Waals surface area contributed by atoms with Gasteiger partial charge in [-0.15, -0.1) is 0 Å². The van der Waals surface area contributed by atoms with E-state index in [0.29, 0.717) is 0 Å². The first-order valence-corrected chi connectivity index (χ1v) is 6.20. The lowest BCUT2D eigenvalue weighted by Gasteiger charge is -2.13. The van der Waals surface area contributed by atoms with Crippen molar-refractivity contribution >= 4 is 11.6 Å². The summed E-state index contributed by atoms with van der Waals surface area (Å²) in [4.78, 5) is 0. The van der Waals surface area contributed by atoms with Gasteiger partial charge in [0.25, 0.3) is 0 Å². The molecule has 2 heteroatoms. The van der Waals surface area contributed by atoms with Gasteiger partial charge in [-0.1, -0.05) is 47.5 Å². The first-order valence-electron chi connectivity index (χ1n) is 5.82. The number of aryl methyl sites for hydroxylation is 1. The van der Waals surface area contributed by atoms with Gasteiger partial charge >= 0.3 is 0 Å². The molecule has 0 radical (unpaired) electrons. The van der Waals surface area contributed by atoms with Crippen LogP contribution in [0, 0.1) is 6.92 Å². The molecule has 1 N–H and O–H groups in total. The minimum absolute atomic E-state index is 0.281. The topological polar surface area (TPSA) is 12.0 Å². The fourth-order valence-corrected chi connectivity index (χ4v) is 2.65. The lowest BCUT2D eigenvalue weighted by atomic mass is 9.97. The second-order valence-electron chi connectivity index (χ2n) is 4.57. The molecule has 0 saturated carbocycles. The highest BCUT2D eigenvalue weighted by molar-refractivity contribution is 6.30. The van der Waals surface area contributed by atoms with E-state index in [2.05, 4.69) is 36.5 Å². The maximum Gasteiger partial charge on any atom is 0.0583 e. The summed E-state index contributed by atoms with van der Waals surface area (Å²) in [6.07, 6.45) is 0. The van der Waals surface area contributed by atoms with Crippen molar-refractivity contribution in [3.8, 4) is 0 Å². The van der Waals surface area contributed by atoms with Crippen LogP contribution in [0.3, 0.4) is 0 Å². The van der Waals surface area contributed by atoms with Gasteiger partial charge < -0.3 is 5.32 Å². The number of nitrogens with one attached hydrogen (secondary N) is 1. The molecule has 1 nitrogen and oxygen atoms in total. The maximum absolute atomic E-state index is 6.05. The Morgan fingerprint density at radius 3 is 2.88 bits per heavy atom. The first kappa shape index (κ1) is 10.8. The third-order valence-corrected chi connectivity index (χ3v) is 3.53. The van der Waals surface area contributed by atoms with E-state index >= 15 is 0 Å². The van der Waals surface area contributed by atoms with E-state index in [1.54, 1.807) is 0 Å². The SMILES string of the molecule is Cc1ccc2c(c1)C(c1cccc(Cl)c1)NC2. The molecule has 0 bridgehead atoms. The fourth-order valence-electron chi connectivity index (χ4n) is 2.45. The smallest absolute Gasteiger partial charge is 0.0583 e. The Bertz CT molecular complexity index is 563. The van der Waals surface area contributed by atoms with Crippen molar-refractivity contribution in [3.05, 3.63) is 69.7 Å². The highest BCUT2D eigenvalue weighted by Crippen LogP contribution is 2.32. The van der Waals surface area contributed by atoms with Crippen LogP contribution in [0.25, 0.3) is 0 Å². The lowest BCUT2D eigenvalue weighted by molar-refractivity contribution is 0.667. The Morgan fingerprint density at radius 2 is 2.06 bits per heavy atom. The van der Waals surface area contributed by atoms with Crippen molar-refractivity contribution in [3.63, 3.8) is 0 Å². The van der Waals surface area contributed by atoms with Crippen LogP contribution in [-0.2, 0) is 6.54 Å². The zero-order chi connectivity index (χ0) is 11.8. The second-order valence-corrected chi connectivity index (χ2v) is 5.01. The van der Waals surface area contributed by atoms with E-state index in [9.17, 15) is 0 Å². The molecule has 1 heterocycles. The van der Waals surface area contributed by atoms with Crippen LogP contribution in [-0.4, -0.2) is 0 Å². The summed E-state index contributed by atoms with van der Waals surface area (Å²) < 4.78 is 0. The average Bonchev–Trinajstić information content (AvgIpc) is 2.71. The molecular formula is C15H14ClN. The predicted molar refractivity (Wildman–Crippen MR) is 71.3 cm³/mol. The third kappa shape index (κ3) is 1.97. The summed E-state index contributed by atoms with van der Waals surface area (Å²) in [6.45, 7) is 3.07. The Labute approximate surface area is 106 Å². The molecular weight excluding hydrogens is 230 g/mol. The molecule has 0 saturated heterocycles. The average molecular weight is 244 g/mol. The van der Waals surface area contributed by atoms with Crippen LogP contribution in [0.15, 0.2) is 42.5 Å². The Morgan fingerprint density at radius 1 is 1.18 bits per heavy atom. The van der Waals surface area contributed by atoms with Crippen LogP contribution < -0.4 is 5.32 Å². The van der Waals surface area contributed by atoms with Crippen LogP contribution in [0.2, 0.25) is 5.02 Å². The highest BCUT2D eigenvalue weighted by Gasteiger charge is 2.23. The van der Waals surface area contributed by atoms with Gasteiger partial charge in [0.2, 0.25) is 0 Å². The van der Waals surface area contributed by atoms with Gasteiger partial charge in [0.05, 0.1) is 6.04 Å². The normalized spacial score (nSPS) is 18.1. The largest absolute Gasteiger partial charge is 0.302 e. The molecule has 1 aliphatic rings. The number of rotatable bonds is 1. The van der Waals surface area contributed by atoms with E-state index in [1.165, 1.54) is 22.3 Å². The standard InChI is InChI=1S/C15H14ClN/c1-10-5-6-12-9-17-15(14(12)7-10)11-3-2-4-13(16)8-11/h2-8,15,17H,9H2,1H3. The van der Waals surface area contributed by atoms with Crippen molar-refractivity contribution in [2.45, 2.75) is 19.5 Å². The maximum atomic E-state index is 6.05. The van der Waals surface area contributed by atoms with Gasteiger partial charge in [-0.3, -0.25) is 0 Å². The molecule has 0 amide bonds. The van der Waals surface area contributed by atoms with Crippen molar-refractivity contribution in [1.29, 1.82) is 0 Å². The molecule has 2 aromatic carbocycles. The van der Waals surface area contributed by atoms with Crippen LogP contribution in [0.1, 0.15) is 28.3 Å². The summed E-state index contributed by atoms with van der Waals surface area (Å²) in [6, 6.07) is 15.0. The number of fused-ring (bicyclic) bond motifs is 1. The van der Waals surface area contributed by atoms with Gasteiger partial charge in [-0.25, -0.2) is 0 Å². The fraction of sp³-hybridized carbons (Fsp3) is 0.200. The third-order valence-electron chi connectivity index (χ3n) is 3.29. The first-order chi connectivity index (χ1) is 8.24. The molecule has 2 aromatic rings. The van der Waals surface area contributed by atoms with Crippen LogP contribution in [0.5, 0.6) is 0 Å². The van der Waals surface area contributed by atoms with Gasteiger partial charge in [-0.2, -0.15) is 0 Å². The van der Waals surface area contributed by atoms with Crippen molar-refractivity contribution < 1.29 is 0 Å². The minimum atomic E-state index is 0.281. The summed E-state index contributed by atoms with van der Waals surface area (Å²) in [5.74, 6) is 0. The Hall–Kier alpha value is -1.31. The molecule has 0 spiro atoms. The minimum Gasteiger partial charge on any atom is -0.302 e. The number of hydrogen-bond donors (Lipinski definition) is 1. The Kier molecular flexibility index (Phi) is 2.65. The van der Waals surface area contributed by atoms with E-state index in [1.807, 2.05) is 18.2 Å². The van der Waals surface area contributed by atoms with E-state index in [-0.39, 0.29) is 6.04 Å². The van der Waals surface area contributed by atoms with Gasteiger partial charge in [0.1, 0.15) is 0 Å². The molecule has 3 rings (SSSR count). The quantitative estimate of drug-likeness (QED) is 0.803. The monoisotopic (exact) mass is 243 g/mol. The molecule has 0 aromatic heterocycles. The second kappa shape index (κ2) is 4.17.